The normalized spacial score (nSPS) is 20.8. The number of aryl methyl sites for hydroxylation is 2. The first-order valence-corrected chi connectivity index (χ1v) is 5.81. The Bertz CT molecular complexity index is 347. The Morgan fingerprint density at radius 1 is 1.19 bits per heavy atom. The number of hydrogen-bond donors (Lipinski definition) is 2. The van der Waals surface area contributed by atoms with Gasteiger partial charge in [-0.25, -0.2) is 0 Å². The van der Waals surface area contributed by atoms with Crippen molar-refractivity contribution in [1.82, 2.24) is 10.6 Å². The maximum atomic E-state index is 5.38. The summed E-state index contributed by atoms with van der Waals surface area (Å²) in [5.74, 6) is 1.01. The van der Waals surface area contributed by atoms with Gasteiger partial charge in [-0.05, 0) is 30.5 Å². The minimum atomic E-state index is 0.428. The Balaban J connectivity index is 2.28. The van der Waals surface area contributed by atoms with Crippen molar-refractivity contribution < 1.29 is 4.74 Å². The molecule has 16 heavy (non-hydrogen) atoms. The van der Waals surface area contributed by atoms with Crippen molar-refractivity contribution >= 4 is 0 Å². The molecule has 2 N–H and O–H groups in total. The molecule has 1 fully saturated rings. The van der Waals surface area contributed by atoms with Gasteiger partial charge in [0.25, 0.3) is 0 Å². The van der Waals surface area contributed by atoms with E-state index in [9.17, 15) is 0 Å². The summed E-state index contributed by atoms with van der Waals surface area (Å²) >= 11 is 0. The molecule has 1 saturated heterocycles. The highest BCUT2D eigenvalue weighted by Crippen LogP contribution is 2.27. The Hall–Kier alpha value is -1.06. The molecule has 0 bridgehead atoms. The van der Waals surface area contributed by atoms with Crippen LogP contribution in [0.1, 0.15) is 22.7 Å². The molecule has 0 aliphatic carbocycles. The van der Waals surface area contributed by atoms with Crippen LogP contribution in [0, 0.1) is 13.8 Å². The molecule has 1 aliphatic rings. The molecular formula is C13H20N2O. The van der Waals surface area contributed by atoms with E-state index in [1.807, 2.05) is 0 Å². The van der Waals surface area contributed by atoms with E-state index in [4.69, 9.17) is 4.74 Å². The quantitative estimate of drug-likeness (QED) is 0.793. The van der Waals surface area contributed by atoms with Crippen molar-refractivity contribution in [3.8, 4) is 5.75 Å². The number of piperazine rings is 1. The van der Waals surface area contributed by atoms with Gasteiger partial charge in [0.15, 0.2) is 0 Å². The van der Waals surface area contributed by atoms with E-state index < -0.39 is 0 Å². The van der Waals surface area contributed by atoms with Crippen LogP contribution in [0.2, 0.25) is 0 Å². The van der Waals surface area contributed by atoms with Crippen LogP contribution in [0.5, 0.6) is 5.75 Å². The predicted molar refractivity (Wildman–Crippen MR) is 66.1 cm³/mol. The molecule has 1 unspecified atom stereocenters. The minimum Gasteiger partial charge on any atom is -0.496 e. The van der Waals surface area contributed by atoms with E-state index in [1.54, 1.807) is 7.11 Å². The van der Waals surface area contributed by atoms with Crippen molar-refractivity contribution in [1.29, 1.82) is 0 Å². The first-order chi connectivity index (χ1) is 7.72. The number of benzene rings is 1. The first-order valence-electron chi connectivity index (χ1n) is 5.81. The first kappa shape index (κ1) is 11.4. The van der Waals surface area contributed by atoms with Crippen LogP contribution in [0.15, 0.2) is 12.1 Å². The third-order valence-corrected chi connectivity index (χ3v) is 3.13. The largest absolute Gasteiger partial charge is 0.496 e. The summed E-state index contributed by atoms with van der Waals surface area (Å²) in [7, 11) is 1.73. The second-order valence-electron chi connectivity index (χ2n) is 4.40. The summed E-state index contributed by atoms with van der Waals surface area (Å²) in [6.45, 7) is 7.31. The number of ether oxygens (including phenoxy) is 1. The lowest BCUT2D eigenvalue weighted by molar-refractivity contribution is 0.405. The van der Waals surface area contributed by atoms with Gasteiger partial charge in [-0.2, -0.15) is 0 Å². The molecule has 0 saturated carbocycles. The van der Waals surface area contributed by atoms with Gasteiger partial charge in [-0.15, -0.1) is 0 Å². The third-order valence-electron chi connectivity index (χ3n) is 3.13. The average Bonchev–Trinajstić information content (AvgIpc) is 2.30. The van der Waals surface area contributed by atoms with Gasteiger partial charge in [-0.1, -0.05) is 12.1 Å². The van der Waals surface area contributed by atoms with Crippen molar-refractivity contribution in [3.05, 3.63) is 28.8 Å². The topological polar surface area (TPSA) is 33.3 Å². The Kier molecular flexibility index (Phi) is 3.46. The zero-order chi connectivity index (χ0) is 11.5. The second kappa shape index (κ2) is 4.85. The van der Waals surface area contributed by atoms with E-state index >= 15 is 0 Å². The van der Waals surface area contributed by atoms with Gasteiger partial charge in [0.05, 0.1) is 7.11 Å². The molecule has 3 heteroatoms. The summed E-state index contributed by atoms with van der Waals surface area (Å²) < 4.78 is 5.38. The molecule has 0 amide bonds. The maximum absolute atomic E-state index is 5.38. The fraction of sp³-hybridized carbons (Fsp3) is 0.538. The molecule has 1 atom stereocenters. The van der Waals surface area contributed by atoms with Crippen molar-refractivity contribution in [2.45, 2.75) is 19.9 Å². The van der Waals surface area contributed by atoms with Crippen LogP contribution in [0.4, 0.5) is 0 Å². The maximum Gasteiger partial charge on any atom is 0.124 e. The molecule has 2 rings (SSSR count). The fourth-order valence-electron chi connectivity index (χ4n) is 2.40. The predicted octanol–water partition coefficient (Wildman–Crippen LogP) is 1.55. The molecule has 1 aromatic carbocycles. The Labute approximate surface area is 97.2 Å². The highest BCUT2D eigenvalue weighted by Gasteiger charge is 2.16. The monoisotopic (exact) mass is 220 g/mol. The van der Waals surface area contributed by atoms with Crippen LogP contribution >= 0.6 is 0 Å². The Morgan fingerprint density at radius 2 is 1.88 bits per heavy atom. The fourth-order valence-corrected chi connectivity index (χ4v) is 2.40. The molecule has 1 aromatic rings. The molecule has 3 nitrogen and oxygen atoms in total. The van der Waals surface area contributed by atoms with Gasteiger partial charge in [-0.3, -0.25) is 0 Å². The van der Waals surface area contributed by atoms with E-state index in [-0.39, 0.29) is 0 Å². The SMILES string of the molecule is COc1c(C)cc(C2CNCCN2)cc1C. The van der Waals surface area contributed by atoms with Crippen LogP contribution in [0.3, 0.4) is 0 Å². The summed E-state index contributed by atoms with van der Waals surface area (Å²) in [5, 5.41) is 6.93. The van der Waals surface area contributed by atoms with E-state index in [0.29, 0.717) is 6.04 Å². The number of methoxy groups -OCH3 is 1. The molecule has 0 aromatic heterocycles. The van der Waals surface area contributed by atoms with Crippen LogP contribution in [-0.2, 0) is 0 Å². The smallest absolute Gasteiger partial charge is 0.124 e. The van der Waals surface area contributed by atoms with Crippen molar-refractivity contribution in [2.24, 2.45) is 0 Å². The summed E-state index contributed by atoms with van der Waals surface area (Å²) in [6.07, 6.45) is 0. The standard InChI is InChI=1S/C13H20N2O/c1-9-6-11(7-10(2)13(9)16-3)12-8-14-4-5-15-12/h6-7,12,14-15H,4-5,8H2,1-3H3. The molecule has 0 radical (unpaired) electrons. The number of rotatable bonds is 2. The summed E-state index contributed by atoms with van der Waals surface area (Å²) in [4.78, 5) is 0. The average molecular weight is 220 g/mol. The van der Waals surface area contributed by atoms with Gasteiger partial charge >= 0.3 is 0 Å². The lowest BCUT2D eigenvalue weighted by Gasteiger charge is -2.26. The molecule has 1 aliphatic heterocycles. The molecular weight excluding hydrogens is 200 g/mol. The van der Waals surface area contributed by atoms with Crippen LogP contribution in [-0.4, -0.2) is 26.7 Å². The lowest BCUT2D eigenvalue weighted by Crippen LogP contribution is -2.42. The van der Waals surface area contributed by atoms with Crippen molar-refractivity contribution in [3.63, 3.8) is 0 Å². The zero-order valence-electron chi connectivity index (χ0n) is 10.3. The Morgan fingerprint density at radius 3 is 2.38 bits per heavy atom. The third kappa shape index (κ3) is 2.20. The van der Waals surface area contributed by atoms with Crippen molar-refractivity contribution in [2.75, 3.05) is 26.7 Å². The highest BCUT2D eigenvalue weighted by molar-refractivity contribution is 5.44. The number of nitrogens with one attached hydrogen (secondary N) is 2. The summed E-state index contributed by atoms with van der Waals surface area (Å²) in [6, 6.07) is 4.87. The van der Waals surface area contributed by atoms with Crippen LogP contribution in [0.25, 0.3) is 0 Å². The van der Waals surface area contributed by atoms with Gasteiger partial charge in [0.2, 0.25) is 0 Å². The summed E-state index contributed by atoms with van der Waals surface area (Å²) in [5.41, 5.74) is 3.78. The highest BCUT2D eigenvalue weighted by atomic mass is 16.5. The zero-order valence-corrected chi connectivity index (χ0v) is 10.3. The van der Waals surface area contributed by atoms with Gasteiger partial charge in [0, 0.05) is 25.7 Å². The molecule has 88 valence electrons. The molecule has 1 heterocycles. The lowest BCUT2D eigenvalue weighted by atomic mass is 9.99. The van der Waals surface area contributed by atoms with E-state index in [1.165, 1.54) is 16.7 Å². The molecule has 0 spiro atoms. The van der Waals surface area contributed by atoms with E-state index in [2.05, 4.69) is 36.6 Å². The van der Waals surface area contributed by atoms with Gasteiger partial charge in [0.1, 0.15) is 5.75 Å². The van der Waals surface area contributed by atoms with E-state index in [0.717, 1.165) is 25.4 Å². The van der Waals surface area contributed by atoms with Crippen LogP contribution < -0.4 is 15.4 Å². The number of hydrogen-bond acceptors (Lipinski definition) is 3. The van der Waals surface area contributed by atoms with Gasteiger partial charge < -0.3 is 15.4 Å². The minimum absolute atomic E-state index is 0.428. The second-order valence-corrected chi connectivity index (χ2v) is 4.40.